The van der Waals surface area contributed by atoms with Crippen LogP contribution in [0.1, 0.15) is 29.2 Å². The SMILES string of the molecule is C.C.C.C[BH2-]/[N+](C)=C(\C)N. The van der Waals surface area contributed by atoms with Gasteiger partial charge in [-0.15, -0.1) is 0 Å². The number of rotatable bonds is 1. The van der Waals surface area contributed by atoms with Crippen molar-refractivity contribution >= 4 is 13.3 Å². The lowest BCUT2D eigenvalue weighted by atomic mass is 10.00. The molecular formula is C7H25BN2. The average molecular weight is 148 g/mol. The molecule has 0 aliphatic heterocycles. The minimum atomic E-state index is 0. The molecular weight excluding hydrogens is 123 g/mol. The minimum Gasteiger partial charge on any atom is -0.470 e. The van der Waals surface area contributed by atoms with Gasteiger partial charge in [0.2, 0.25) is 0 Å². The lowest BCUT2D eigenvalue weighted by Crippen LogP contribution is -2.23. The van der Waals surface area contributed by atoms with E-state index in [9.17, 15) is 0 Å². The Kier molecular flexibility index (Phi) is 25.7. The van der Waals surface area contributed by atoms with Crippen molar-refractivity contribution in [3.63, 3.8) is 0 Å². The Hall–Kier alpha value is -0.465. The highest BCUT2D eigenvalue weighted by Crippen LogP contribution is 1.61. The third-order valence-corrected chi connectivity index (χ3v) is 1.38. The zero-order valence-electron chi connectivity index (χ0n) is 5.52. The fraction of sp³-hybridized carbons (Fsp3) is 0.857. The van der Waals surface area contributed by atoms with Crippen LogP contribution in [0, 0.1) is 0 Å². The molecule has 0 heterocycles. The molecule has 0 spiro atoms. The van der Waals surface area contributed by atoms with Crippen LogP contribution in [0.3, 0.4) is 0 Å². The predicted octanol–water partition coefficient (Wildman–Crippen LogP) is 1.05. The average Bonchev–Trinajstić information content (AvgIpc) is 1.65. The fourth-order valence-corrected chi connectivity index (χ4v) is 0.353. The van der Waals surface area contributed by atoms with E-state index in [1.807, 2.05) is 14.0 Å². The van der Waals surface area contributed by atoms with Gasteiger partial charge in [-0.1, -0.05) is 22.3 Å². The second-order valence-corrected chi connectivity index (χ2v) is 1.98. The molecule has 0 aliphatic rings. The fourth-order valence-electron chi connectivity index (χ4n) is 0.353. The largest absolute Gasteiger partial charge is 0.470 e. The van der Waals surface area contributed by atoms with Crippen LogP contribution in [0.15, 0.2) is 0 Å². The Morgan fingerprint density at radius 3 is 1.60 bits per heavy atom. The summed E-state index contributed by atoms with van der Waals surface area (Å²) in [4.78, 5) is 0. The van der Waals surface area contributed by atoms with E-state index < -0.39 is 0 Å². The molecule has 10 heavy (non-hydrogen) atoms. The van der Waals surface area contributed by atoms with Gasteiger partial charge in [0.05, 0.1) is 0 Å². The lowest BCUT2D eigenvalue weighted by Gasteiger charge is -2.01. The first-order chi connectivity index (χ1) is 3.18. The Bertz CT molecular complexity index is 85.6. The number of hydrogen-bond donors (Lipinski definition) is 1. The van der Waals surface area contributed by atoms with Crippen LogP contribution in [0.4, 0.5) is 0 Å². The van der Waals surface area contributed by atoms with Crippen molar-refractivity contribution in [3.05, 3.63) is 0 Å². The molecule has 0 aromatic carbocycles. The third-order valence-electron chi connectivity index (χ3n) is 1.38. The molecule has 0 unspecified atom stereocenters. The van der Waals surface area contributed by atoms with Crippen molar-refractivity contribution in [1.82, 2.24) is 0 Å². The van der Waals surface area contributed by atoms with E-state index in [2.05, 4.69) is 11.3 Å². The highest BCUT2D eigenvalue weighted by molar-refractivity contribution is 6.24. The summed E-state index contributed by atoms with van der Waals surface area (Å²) in [5.41, 5.74) is 5.42. The second-order valence-electron chi connectivity index (χ2n) is 1.98. The molecule has 0 saturated heterocycles. The summed E-state index contributed by atoms with van der Waals surface area (Å²) >= 11 is 0. The van der Waals surface area contributed by atoms with E-state index in [1.54, 1.807) is 0 Å². The molecule has 2 nitrogen and oxygen atoms in total. The Balaban J connectivity index is -0.0000000600. The van der Waals surface area contributed by atoms with E-state index in [-0.39, 0.29) is 29.7 Å². The van der Waals surface area contributed by atoms with Crippen molar-refractivity contribution in [2.75, 3.05) is 7.05 Å². The molecule has 0 atom stereocenters. The zero-order chi connectivity index (χ0) is 5.86. The van der Waals surface area contributed by atoms with Gasteiger partial charge in [-0.3, -0.25) is 5.73 Å². The van der Waals surface area contributed by atoms with Gasteiger partial charge in [0.25, 0.3) is 0 Å². The molecule has 0 aromatic rings. The number of hydrogen-bond acceptors (Lipinski definition) is 0. The highest BCUT2D eigenvalue weighted by atomic mass is 14.9. The zero-order valence-corrected chi connectivity index (χ0v) is 5.52. The van der Waals surface area contributed by atoms with Gasteiger partial charge in [0.1, 0.15) is 0 Å². The molecule has 0 saturated carbocycles. The summed E-state index contributed by atoms with van der Waals surface area (Å²) in [6, 6.07) is 0. The molecule has 3 heteroatoms. The summed E-state index contributed by atoms with van der Waals surface area (Å²) in [6.45, 7) is 4.11. The van der Waals surface area contributed by atoms with Gasteiger partial charge in [-0.25, -0.2) is 0 Å². The highest BCUT2D eigenvalue weighted by Gasteiger charge is 1.82. The minimum absolute atomic E-state index is 0. The molecule has 0 aliphatic carbocycles. The van der Waals surface area contributed by atoms with Crippen LogP contribution in [-0.2, 0) is 0 Å². The molecule has 2 N–H and O–H groups in total. The maximum atomic E-state index is 5.42. The van der Waals surface area contributed by atoms with E-state index in [0.29, 0.717) is 0 Å². The number of nitrogens with zero attached hydrogens (tertiary/aromatic N) is 1. The van der Waals surface area contributed by atoms with Gasteiger partial charge in [0.15, 0.2) is 13.3 Å². The van der Waals surface area contributed by atoms with Gasteiger partial charge < -0.3 is 4.49 Å². The summed E-state index contributed by atoms with van der Waals surface area (Å²) in [5, 5.41) is 0. The summed E-state index contributed by atoms with van der Waals surface area (Å²) in [5.74, 6) is 0.933. The number of nitrogens with two attached hydrogens (primary N) is 1. The van der Waals surface area contributed by atoms with Gasteiger partial charge in [-0.2, -0.15) is 6.82 Å². The van der Waals surface area contributed by atoms with Crippen molar-refractivity contribution in [2.45, 2.75) is 36.0 Å². The van der Waals surface area contributed by atoms with Gasteiger partial charge in [0, 0.05) is 14.0 Å². The predicted molar refractivity (Wildman–Crippen MR) is 55.7 cm³/mol. The molecule has 0 rings (SSSR count). The van der Waals surface area contributed by atoms with Gasteiger partial charge in [-0.05, 0) is 0 Å². The Labute approximate surface area is 67.4 Å². The second kappa shape index (κ2) is 11.3. The lowest BCUT2D eigenvalue weighted by molar-refractivity contribution is -0.344. The molecule has 0 amide bonds. The van der Waals surface area contributed by atoms with Crippen molar-refractivity contribution < 1.29 is 4.49 Å². The summed E-state index contributed by atoms with van der Waals surface area (Å²) in [7, 11) is 2.09. The maximum Gasteiger partial charge on any atom is 0.191 e. The van der Waals surface area contributed by atoms with Crippen molar-refractivity contribution in [1.29, 1.82) is 0 Å². The third kappa shape index (κ3) is 10.5. The molecule has 0 radical (unpaired) electrons. The molecule has 0 aromatic heterocycles. The standard InChI is InChI=1S/C4H13BN2.3CH4/c1-4(6)7(3)5-2;;;/h5-6H2,1-3H3;3*1H4/b7-4+;;;. The maximum absolute atomic E-state index is 5.42. The van der Waals surface area contributed by atoms with Crippen LogP contribution in [-0.4, -0.2) is 24.8 Å². The summed E-state index contributed by atoms with van der Waals surface area (Å²) < 4.78 is 2.11. The first-order valence-electron chi connectivity index (χ1n) is 2.91. The smallest absolute Gasteiger partial charge is 0.191 e. The van der Waals surface area contributed by atoms with E-state index in [1.165, 1.54) is 0 Å². The Morgan fingerprint density at radius 2 is 1.60 bits per heavy atom. The quantitative estimate of drug-likeness (QED) is 0.336. The van der Waals surface area contributed by atoms with Gasteiger partial charge >= 0.3 is 0 Å². The molecule has 0 bridgehead atoms. The monoisotopic (exact) mass is 148 g/mol. The normalized spacial score (nSPS) is 9.50. The molecule has 0 fully saturated rings. The van der Waals surface area contributed by atoms with Crippen LogP contribution in [0.2, 0.25) is 6.82 Å². The van der Waals surface area contributed by atoms with E-state index >= 15 is 0 Å². The van der Waals surface area contributed by atoms with Crippen LogP contribution in [0.25, 0.3) is 0 Å². The number of amidine groups is 1. The van der Waals surface area contributed by atoms with Crippen LogP contribution in [0.5, 0.6) is 0 Å². The summed E-state index contributed by atoms with van der Waals surface area (Å²) in [6.07, 6.45) is 0. The Morgan fingerprint density at radius 1 is 1.30 bits per heavy atom. The first kappa shape index (κ1) is 22.7. The van der Waals surface area contributed by atoms with Crippen molar-refractivity contribution in [3.8, 4) is 0 Å². The van der Waals surface area contributed by atoms with Crippen LogP contribution < -0.4 is 5.73 Å². The molecule has 66 valence electrons. The first-order valence-corrected chi connectivity index (χ1v) is 2.91. The van der Waals surface area contributed by atoms with Crippen LogP contribution >= 0.6 is 0 Å². The van der Waals surface area contributed by atoms with E-state index in [0.717, 1.165) is 5.84 Å². The van der Waals surface area contributed by atoms with Crippen molar-refractivity contribution in [2.24, 2.45) is 5.73 Å². The topological polar surface area (TPSA) is 29.0 Å². The van der Waals surface area contributed by atoms with E-state index in [4.69, 9.17) is 5.73 Å².